The summed E-state index contributed by atoms with van der Waals surface area (Å²) in [4.78, 5) is 4.30. The molecule has 0 fully saturated rings. The lowest BCUT2D eigenvalue weighted by molar-refractivity contribution is 0.700. The first-order chi connectivity index (χ1) is 6.66. The molecule has 74 valence electrons. The molecule has 2 N–H and O–H groups in total. The third-order valence-corrected chi connectivity index (χ3v) is 2.30. The van der Waals surface area contributed by atoms with E-state index in [-0.39, 0.29) is 6.04 Å². The van der Waals surface area contributed by atoms with Gasteiger partial charge in [-0.1, -0.05) is 11.6 Å². The molecule has 0 aliphatic carbocycles. The van der Waals surface area contributed by atoms with Crippen LogP contribution >= 0.6 is 11.6 Å². The highest BCUT2D eigenvalue weighted by Crippen LogP contribution is 2.13. The lowest BCUT2D eigenvalue weighted by Crippen LogP contribution is -2.19. The molecular weight excluding hydrogens is 198 g/mol. The fourth-order valence-corrected chi connectivity index (χ4v) is 1.62. The minimum Gasteiger partial charge on any atom is -0.328 e. The molecule has 0 radical (unpaired) electrons. The average Bonchev–Trinajstić information content (AvgIpc) is 2.47. The summed E-state index contributed by atoms with van der Waals surface area (Å²) in [5.74, 6) is 0.956. The average molecular weight is 210 g/mol. The molecular formula is C10H12ClN3. The van der Waals surface area contributed by atoms with Crippen molar-refractivity contribution >= 4 is 17.1 Å². The van der Waals surface area contributed by atoms with Gasteiger partial charge in [0.2, 0.25) is 0 Å². The Morgan fingerprint density at radius 2 is 2.36 bits per heavy atom. The summed E-state index contributed by atoms with van der Waals surface area (Å²) in [6.07, 6.45) is 4.45. The van der Waals surface area contributed by atoms with E-state index >= 15 is 0 Å². The Bertz CT molecular complexity index is 448. The van der Waals surface area contributed by atoms with Crippen LogP contribution in [0.3, 0.4) is 0 Å². The van der Waals surface area contributed by atoms with Crippen molar-refractivity contribution in [1.82, 2.24) is 9.38 Å². The van der Waals surface area contributed by atoms with Gasteiger partial charge >= 0.3 is 0 Å². The Hall–Kier alpha value is -1.06. The van der Waals surface area contributed by atoms with Gasteiger partial charge in [-0.2, -0.15) is 0 Å². The van der Waals surface area contributed by atoms with Gasteiger partial charge in [-0.25, -0.2) is 4.98 Å². The van der Waals surface area contributed by atoms with E-state index in [0.29, 0.717) is 5.02 Å². The summed E-state index contributed by atoms with van der Waals surface area (Å²) in [5, 5.41) is 0.710. The summed E-state index contributed by atoms with van der Waals surface area (Å²) in [6, 6.07) is 3.91. The van der Waals surface area contributed by atoms with Gasteiger partial charge in [0.1, 0.15) is 5.82 Å². The first-order valence-electron chi connectivity index (χ1n) is 4.54. The van der Waals surface area contributed by atoms with Crippen molar-refractivity contribution in [1.29, 1.82) is 0 Å². The SMILES string of the molecule is CC(N)Cc1ncc2ccc(Cl)cn12. The van der Waals surface area contributed by atoms with Gasteiger partial charge in [0.05, 0.1) is 16.7 Å². The van der Waals surface area contributed by atoms with E-state index < -0.39 is 0 Å². The lowest BCUT2D eigenvalue weighted by Gasteiger charge is -2.04. The fourth-order valence-electron chi connectivity index (χ4n) is 1.46. The van der Waals surface area contributed by atoms with Crippen LogP contribution in [0.2, 0.25) is 5.02 Å². The Labute approximate surface area is 87.5 Å². The van der Waals surface area contributed by atoms with Crippen LogP contribution < -0.4 is 5.73 Å². The van der Waals surface area contributed by atoms with Gasteiger partial charge < -0.3 is 10.1 Å². The van der Waals surface area contributed by atoms with E-state index in [1.807, 2.05) is 35.9 Å². The van der Waals surface area contributed by atoms with E-state index in [0.717, 1.165) is 17.8 Å². The van der Waals surface area contributed by atoms with Crippen LogP contribution in [0.4, 0.5) is 0 Å². The monoisotopic (exact) mass is 209 g/mol. The third kappa shape index (κ3) is 1.74. The second-order valence-corrected chi connectivity index (χ2v) is 3.93. The van der Waals surface area contributed by atoms with Crippen LogP contribution in [-0.4, -0.2) is 15.4 Å². The second-order valence-electron chi connectivity index (χ2n) is 3.50. The molecule has 2 aromatic rings. The minimum atomic E-state index is 0.111. The zero-order valence-corrected chi connectivity index (χ0v) is 8.70. The molecule has 0 bridgehead atoms. The van der Waals surface area contributed by atoms with E-state index in [1.165, 1.54) is 0 Å². The second kappa shape index (κ2) is 3.59. The van der Waals surface area contributed by atoms with Crippen LogP contribution in [0, 0.1) is 0 Å². The maximum Gasteiger partial charge on any atom is 0.114 e. The molecule has 2 aromatic heterocycles. The number of aromatic nitrogens is 2. The van der Waals surface area contributed by atoms with Crippen LogP contribution in [-0.2, 0) is 6.42 Å². The van der Waals surface area contributed by atoms with Crippen molar-refractivity contribution in [2.75, 3.05) is 0 Å². The molecule has 0 amide bonds. The molecule has 0 saturated carbocycles. The van der Waals surface area contributed by atoms with Crippen molar-refractivity contribution in [3.05, 3.63) is 35.4 Å². The van der Waals surface area contributed by atoms with Gasteiger partial charge in [0.25, 0.3) is 0 Å². The first kappa shape index (κ1) is 9.49. The Morgan fingerprint density at radius 3 is 3.07 bits per heavy atom. The highest BCUT2D eigenvalue weighted by molar-refractivity contribution is 6.30. The summed E-state index contributed by atoms with van der Waals surface area (Å²) < 4.78 is 1.98. The lowest BCUT2D eigenvalue weighted by atomic mass is 10.2. The molecule has 0 saturated heterocycles. The van der Waals surface area contributed by atoms with Crippen LogP contribution in [0.25, 0.3) is 5.52 Å². The molecule has 2 rings (SSSR count). The van der Waals surface area contributed by atoms with Gasteiger partial charge in [0.15, 0.2) is 0 Å². The van der Waals surface area contributed by atoms with Gasteiger partial charge in [-0.15, -0.1) is 0 Å². The molecule has 14 heavy (non-hydrogen) atoms. The number of rotatable bonds is 2. The summed E-state index contributed by atoms with van der Waals surface area (Å²) >= 11 is 5.90. The molecule has 0 aromatic carbocycles. The van der Waals surface area contributed by atoms with E-state index in [9.17, 15) is 0 Å². The Kier molecular flexibility index (Phi) is 2.44. The molecule has 1 unspecified atom stereocenters. The quantitative estimate of drug-likeness (QED) is 0.821. The van der Waals surface area contributed by atoms with E-state index in [2.05, 4.69) is 4.98 Å². The van der Waals surface area contributed by atoms with Crippen molar-refractivity contribution < 1.29 is 0 Å². The van der Waals surface area contributed by atoms with E-state index in [1.54, 1.807) is 0 Å². The predicted molar refractivity (Wildman–Crippen MR) is 57.6 cm³/mol. The Morgan fingerprint density at radius 1 is 1.57 bits per heavy atom. The highest BCUT2D eigenvalue weighted by atomic mass is 35.5. The molecule has 0 spiro atoms. The van der Waals surface area contributed by atoms with E-state index in [4.69, 9.17) is 17.3 Å². The summed E-state index contributed by atoms with van der Waals surface area (Å²) in [6.45, 7) is 1.96. The van der Waals surface area contributed by atoms with Crippen molar-refractivity contribution in [3.8, 4) is 0 Å². The maximum absolute atomic E-state index is 5.90. The molecule has 4 heteroatoms. The molecule has 3 nitrogen and oxygen atoms in total. The number of nitrogens with two attached hydrogens (primary N) is 1. The van der Waals surface area contributed by atoms with Crippen molar-refractivity contribution in [2.45, 2.75) is 19.4 Å². The maximum atomic E-state index is 5.90. The fraction of sp³-hybridized carbons (Fsp3) is 0.300. The normalized spacial score (nSPS) is 13.4. The van der Waals surface area contributed by atoms with Gasteiger partial charge in [0, 0.05) is 18.7 Å². The zero-order valence-electron chi connectivity index (χ0n) is 7.94. The number of pyridine rings is 1. The van der Waals surface area contributed by atoms with Crippen molar-refractivity contribution in [2.24, 2.45) is 5.73 Å². The smallest absolute Gasteiger partial charge is 0.114 e. The number of nitrogens with zero attached hydrogens (tertiary/aromatic N) is 2. The largest absolute Gasteiger partial charge is 0.328 e. The topological polar surface area (TPSA) is 43.3 Å². The van der Waals surface area contributed by atoms with Crippen molar-refractivity contribution in [3.63, 3.8) is 0 Å². The molecule has 1 atom stereocenters. The minimum absolute atomic E-state index is 0.111. The molecule has 2 heterocycles. The number of hydrogen-bond acceptors (Lipinski definition) is 2. The summed E-state index contributed by atoms with van der Waals surface area (Å²) in [7, 11) is 0. The number of hydrogen-bond donors (Lipinski definition) is 1. The zero-order chi connectivity index (χ0) is 10.1. The standard InChI is InChI=1S/C10H12ClN3/c1-7(12)4-10-13-5-9-3-2-8(11)6-14(9)10/h2-3,5-7H,4,12H2,1H3. The van der Waals surface area contributed by atoms with Crippen LogP contribution in [0.1, 0.15) is 12.7 Å². The molecule has 0 aliphatic heterocycles. The molecule has 0 aliphatic rings. The Balaban J connectivity index is 2.50. The summed E-state index contributed by atoms with van der Waals surface area (Å²) in [5.41, 5.74) is 6.77. The number of halogens is 1. The highest BCUT2D eigenvalue weighted by Gasteiger charge is 2.05. The predicted octanol–water partition coefficient (Wildman–Crippen LogP) is 1.88. The number of imidazole rings is 1. The third-order valence-electron chi connectivity index (χ3n) is 2.07. The van der Waals surface area contributed by atoms with Gasteiger partial charge in [-0.3, -0.25) is 0 Å². The first-order valence-corrected chi connectivity index (χ1v) is 4.91. The van der Waals surface area contributed by atoms with Crippen LogP contribution in [0.15, 0.2) is 24.5 Å². The van der Waals surface area contributed by atoms with Crippen LogP contribution in [0.5, 0.6) is 0 Å². The number of fused-ring (bicyclic) bond motifs is 1. The van der Waals surface area contributed by atoms with Gasteiger partial charge in [-0.05, 0) is 19.1 Å².